The van der Waals surface area contributed by atoms with Crippen LogP contribution in [0.15, 0.2) is 24.3 Å². The first-order valence-corrected chi connectivity index (χ1v) is 7.00. The van der Waals surface area contributed by atoms with Crippen molar-refractivity contribution >= 4 is 5.91 Å². The Balaban J connectivity index is 1.73. The number of aryl methyl sites for hydroxylation is 1. The predicted molar refractivity (Wildman–Crippen MR) is 75.3 cm³/mol. The zero-order valence-electron chi connectivity index (χ0n) is 11.4. The third kappa shape index (κ3) is 4.24. The normalized spacial score (nSPS) is 18.3. The molecule has 0 aliphatic carbocycles. The number of ether oxygens (including phenoxy) is 1. The number of hydrogen-bond donors (Lipinski definition) is 2. The molecule has 1 atom stereocenters. The molecule has 1 aromatic rings. The van der Waals surface area contributed by atoms with Gasteiger partial charge in [0.05, 0.1) is 0 Å². The summed E-state index contributed by atoms with van der Waals surface area (Å²) < 4.78 is 5.57. The van der Waals surface area contributed by atoms with Crippen LogP contribution in [0, 0.1) is 0 Å². The number of rotatable bonds is 6. The molecule has 4 nitrogen and oxygen atoms in total. The molecule has 0 bridgehead atoms. The van der Waals surface area contributed by atoms with Crippen molar-refractivity contribution in [3.8, 4) is 5.75 Å². The number of benzene rings is 1. The molecule has 104 valence electrons. The molecule has 0 aromatic heterocycles. The van der Waals surface area contributed by atoms with E-state index in [2.05, 4.69) is 17.6 Å². The average molecular weight is 262 g/mol. The van der Waals surface area contributed by atoms with Gasteiger partial charge in [-0.15, -0.1) is 0 Å². The highest BCUT2D eigenvalue weighted by Crippen LogP contribution is 2.17. The van der Waals surface area contributed by atoms with E-state index >= 15 is 0 Å². The van der Waals surface area contributed by atoms with Crippen LogP contribution in [0.3, 0.4) is 0 Å². The molecule has 0 radical (unpaired) electrons. The fourth-order valence-corrected chi connectivity index (χ4v) is 2.30. The predicted octanol–water partition coefficient (Wildman–Crippen LogP) is 1.50. The van der Waals surface area contributed by atoms with Gasteiger partial charge < -0.3 is 15.4 Å². The Morgan fingerprint density at radius 3 is 3.05 bits per heavy atom. The van der Waals surface area contributed by atoms with Crippen molar-refractivity contribution in [2.45, 2.75) is 32.2 Å². The van der Waals surface area contributed by atoms with Crippen LogP contribution in [0.4, 0.5) is 0 Å². The van der Waals surface area contributed by atoms with Crippen LogP contribution in [0.5, 0.6) is 5.75 Å². The SMILES string of the molecule is CCc1ccccc1OCC(=O)NCC1CCCN1. The van der Waals surface area contributed by atoms with Gasteiger partial charge in [0.1, 0.15) is 5.75 Å². The lowest BCUT2D eigenvalue weighted by molar-refractivity contribution is -0.123. The first kappa shape index (κ1) is 13.9. The number of carbonyl (C=O) groups excluding carboxylic acids is 1. The Morgan fingerprint density at radius 1 is 1.47 bits per heavy atom. The highest BCUT2D eigenvalue weighted by atomic mass is 16.5. The Morgan fingerprint density at radius 2 is 2.32 bits per heavy atom. The van der Waals surface area contributed by atoms with E-state index in [4.69, 9.17) is 4.74 Å². The molecule has 1 heterocycles. The summed E-state index contributed by atoms with van der Waals surface area (Å²) in [7, 11) is 0. The monoisotopic (exact) mass is 262 g/mol. The van der Waals surface area contributed by atoms with Crippen molar-refractivity contribution in [1.82, 2.24) is 10.6 Å². The van der Waals surface area contributed by atoms with Crippen molar-refractivity contribution < 1.29 is 9.53 Å². The number of carbonyl (C=O) groups is 1. The zero-order chi connectivity index (χ0) is 13.5. The summed E-state index contributed by atoms with van der Waals surface area (Å²) in [6.07, 6.45) is 3.24. The van der Waals surface area contributed by atoms with Gasteiger partial charge in [-0.05, 0) is 37.4 Å². The lowest BCUT2D eigenvalue weighted by Gasteiger charge is -2.13. The summed E-state index contributed by atoms with van der Waals surface area (Å²) in [6.45, 7) is 3.91. The lowest BCUT2D eigenvalue weighted by Crippen LogP contribution is -2.39. The van der Waals surface area contributed by atoms with Crippen LogP contribution in [0.2, 0.25) is 0 Å². The van der Waals surface area contributed by atoms with E-state index in [9.17, 15) is 4.79 Å². The molecule has 4 heteroatoms. The van der Waals surface area contributed by atoms with Gasteiger partial charge >= 0.3 is 0 Å². The lowest BCUT2D eigenvalue weighted by atomic mass is 10.1. The summed E-state index contributed by atoms with van der Waals surface area (Å²) in [5.74, 6) is 0.749. The maximum Gasteiger partial charge on any atom is 0.257 e. The molecule has 1 aromatic carbocycles. The number of hydrogen-bond acceptors (Lipinski definition) is 3. The molecule has 0 saturated carbocycles. The minimum Gasteiger partial charge on any atom is -0.483 e. The van der Waals surface area contributed by atoms with Crippen LogP contribution in [-0.2, 0) is 11.2 Å². The van der Waals surface area contributed by atoms with Gasteiger partial charge in [-0.1, -0.05) is 25.1 Å². The van der Waals surface area contributed by atoms with Gasteiger partial charge in [0.25, 0.3) is 5.91 Å². The Labute approximate surface area is 114 Å². The second kappa shape index (κ2) is 7.14. The highest BCUT2D eigenvalue weighted by molar-refractivity contribution is 5.77. The highest BCUT2D eigenvalue weighted by Gasteiger charge is 2.14. The molecule has 1 saturated heterocycles. The molecular formula is C15H22N2O2. The second-order valence-electron chi connectivity index (χ2n) is 4.85. The molecule has 1 fully saturated rings. The largest absolute Gasteiger partial charge is 0.483 e. The third-order valence-electron chi connectivity index (χ3n) is 3.42. The molecular weight excluding hydrogens is 240 g/mol. The van der Waals surface area contributed by atoms with Gasteiger partial charge in [0.15, 0.2) is 6.61 Å². The number of nitrogens with one attached hydrogen (secondary N) is 2. The summed E-state index contributed by atoms with van der Waals surface area (Å²) in [4.78, 5) is 11.7. The van der Waals surface area contributed by atoms with E-state index in [1.807, 2.05) is 24.3 Å². The zero-order valence-corrected chi connectivity index (χ0v) is 11.4. The van der Waals surface area contributed by atoms with Crippen molar-refractivity contribution in [1.29, 1.82) is 0 Å². The first-order valence-electron chi connectivity index (χ1n) is 7.00. The minimum atomic E-state index is -0.0559. The number of amides is 1. The number of para-hydroxylation sites is 1. The van der Waals surface area contributed by atoms with E-state index < -0.39 is 0 Å². The molecule has 2 rings (SSSR count). The molecule has 0 spiro atoms. The van der Waals surface area contributed by atoms with Crippen molar-refractivity contribution in [2.24, 2.45) is 0 Å². The Bertz CT molecular complexity index is 414. The van der Waals surface area contributed by atoms with Gasteiger partial charge in [0, 0.05) is 12.6 Å². The molecule has 1 unspecified atom stereocenters. The van der Waals surface area contributed by atoms with Crippen LogP contribution in [0.25, 0.3) is 0 Å². The standard InChI is InChI=1S/C15H22N2O2/c1-2-12-6-3-4-8-14(12)19-11-15(18)17-10-13-7-5-9-16-13/h3-4,6,8,13,16H,2,5,7,9-11H2,1H3,(H,17,18). The smallest absolute Gasteiger partial charge is 0.257 e. The van der Waals surface area contributed by atoms with Crippen molar-refractivity contribution in [3.63, 3.8) is 0 Å². The average Bonchev–Trinajstić information content (AvgIpc) is 2.96. The fraction of sp³-hybridized carbons (Fsp3) is 0.533. The first-order chi connectivity index (χ1) is 9.29. The Kier molecular flexibility index (Phi) is 5.21. The second-order valence-corrected chi connectivity index (χ2v) is 4.85. The summed E-state index contributed by atoms with van der Waals surface area (Å²) in [5, 5.41) is 6.25. The molecule has 2 N–H and O–H groups in total. The summed E-state index contributed by atoms with van der Waals surface area (Å²) in [6, 6.07) is 8.26. The fourth-order valence-electron chi connectivity index (χ4n) is 2.30. The molecule has 1 amide bonds. The minimum absolute atomic E-state index is 0.0559. The molecule has 1 aliphatic heterocycles. The summed E-state index contributed by atoms with van der Waals surface area (Å²) >= 11 is 0. The summed E-state index contributed by atoms with van der Waals surface area (Å²) in [5.41, 5.74) is 1.13. The van der Waals surface area contributed by atoms with E-state index in [0.717, 1.165) is 30.7 Å². The maximum absolute atomic E-state index is 11.7. The molecule has 19 heavy (non-hydrogen) atoms. The van der Waals surface area contributed by atoms with E-state index in [1.54, 1.807) is 0 Å². The maximum atomic E-state index is 11.7. The topological polar surface area (TPSA) is 50.4 Å². The van der Waals surface area contributed by atoms with Gasteiger partial charge in [-0.3, -0.25) is 4.79 Å². The van der Waals surface area contributed by atoms with E-state index in [-0.39, 0.29) is 12.5 Å². The van der Waals surface area contributed by atoms with E-state index in [0.29, 0.717) is 12.6 Å². The van der Waals surface area contributed by atoms with Gasteiger partial charge in [-0.25, -0.2) is 0 Å². The van der Waals surface area contributed by atoms with Crippen LogP contribution in [-0.4, -0.2) is 31.6 Å². The van der Waals surface area contributed by atoms with Crippen LogP contribution >= 0.6 is 0 Å². The molecule has 1 aliphatic rings. The van der Waals surface area contributed by atoms with E-state index in [1.165, 1.54) is 6.42 Å². The van der Waals surface area contributed by atoms with Crippen molar-refractivity contribution in [2.75, 3.05) is 19.7 Å². The Hall–Kier alpha value is -1.55. The van der Waals surface area contributed by atoms with Crippen LogP contribution in [0.1, 0.15) is 25.3 Å². The van der Waals surface area contributed by atoms with Gasteiger partial charge in [0.2, 0.25) is 0 Å². The quantitative estimate of drug-likeness (QED) is 0.817. The van der Waals surface area contributed by atoms with Gasteiger partial charge in [-0.2, -0.15) is 0 Å². The third-order valence-corrected chi connectivity index (χ3v) is 3.42. The van der Waals surface area contributed by atoms with Crippen LogP contribution < -0.4 is 15.4 Å². The van der Waals surface area contributed by atoms with Crippen molar-refractivity contribution in [3.05, 3.63) is 29.8 Å².